The molecule has 2 N–H and O–H groups in total. The number of aromatic nitrogens is 1. The first-order valence-electron chi connectivity index (χ1n) is 9.02. The molecule has 2 fully saturated rings. The molecular formula is C18H28Cl2N4OS. The van der Waals surface area contributed by atoms with E-state index in [4.69, 9.17) is 0 Å². The van der Waals surface area contributed by atoms with Gasteiger partial charge < -0.3 is 15.3 Å². The van der Waals surface area contributed by atoms with E-state index in [1.54, 1.807) is 11.5 Å². The lowest BCUT2D eigenvalue weighted by molar-refractivity contribution is 0.0487. The van der Waals surface area contributed by atoms with Crippen LogP contribution in [0.3, 0.4) is 0 Å². The van der Waals surface area contributed by atoms with Gasteiger partial charge in [-0.15, -0.1) is 24.8 Å². The molecule has 3 heterocycles. The Labute approximate surface area is 171 Å². The van der Waals surface area contributed by atoms with Crippen LogP contribution in [0.2, 0.25) is 0 Å². The zero-order valence-corrected chi connectivity index (χ0v) is 17.3. The molecule has 0 spiro atoms. The van der Waals surface area contributed by atoms with Gasteiger partial charge in [-0.25, -0.2) is 0 Å². The van der Waals surface area contributed by atoms with Gasteiger partial charge in [-0.2, -0.15) is 4.37 Å². The lowest BCUT2D eigenvalue weighted by atomic mass is 9.92. The Morgan fingerprint density at radius 3 is 2.54 bits per heavy atom. The average molecular weight is 419 g/mol. The van der Waals surface area contributed by atoms with Gasteiger partial charge in [0.05, 0.1) is 10.8 Å². The second kappa shape index (κ2) is 10.1. The van der Waals surface area contributed by atoms with Crippen molar-refractivity contribution in [2.75, 3.05) is 50.7 Å². The number of nitrogens with zero attached hydrogens (tertiary/aromatic N) is 3. The number of piperazine rings is 1. The summed E-state index contributed by atoms with van der Waals surface area (Å²) in [4.78, 5) is 4.81. The van der Waals surface area contributed by atoms with Gasteiger partial charge in [0.1, 0.15) is 5.82 Å². The van der Waals surface area contributed by atoms with Crippen LogP contribution in [0.4, 0.5) is 5.82 Å². The third-order valence-electron chi connectivity index (χ3n) is 5.40. The smallest absolute Gasteiger partial charge is 0.150 e. The molecule has 8 heteroatoms. The Morgan fingerprint density at radius 2 is 1.81 bits per heavy atom. The number of benzene rings is 1. The van der Waals surface area contributed by atoms with Crippen LogP contribution in [0.15, 0.2) is 24.3 Å². The molecule has 2 aliphatic heterocycles. The van der Waals surface area contributed by atoms with Gasteiger partial charge in [-0.05, 0) is 55.5 Å². The molecule has 2 saturated heterocycles. The van der Waals surface area contributed by atoms with E-state index in [0.29, 0.717) is 5.92 Å². The minimum atomic E-state index is -0.182. The minimum absolute atomic E-state index is 0. The molecule has 1 aromatic carbocycles. The number of halogens is 2. The van der Waals surface area contributed by atoms with E-state index in [-0.39, 0.29) is 30.9 Å². The first-order valence-corrected chi connectivity index (χ1v) is 9.79. The Kier molecular flexibility index (Phi) is 8.39. The van der Waals surface area contributed by atoms with E-state index in [1.807, 2.05) is 0 Å². The predicted molar refractivity (Wildman–Crippen MR) is 114 cm³/mol. The molecule has 1 unspecified atom stereocenters. The number of hydrogen-bond acceptors (Lipinski definition) is 6. The summed E-state index contributed by atoms with van der Waals surface area (Å²) >= 11 is 1.59. The van der Waals surface area contributed by atoms with Crippen molar-refractivity contribution >= 4 is 52.3 Å². The molecule has 0 amide bonds. The molecule has 0 bridgehead atoms. The molecule has 26 heavy (non-hydrogen) atoms. The van der Waals surface area contributed by atoms with E-state index in [2.05, 4.69) is 43.8 Å². The minimum Gasteiger partial charge on any atom is -0.392 e. The third kappa shape index (κ3) is 4.80. The second-order valence-corrected chi connectivity index (χ2v) is 7.75. The number of fused-ring (bicyclic) bond motifs is 1. The van der Waals surface area contributed by atoms with Gasteiger partial charge in [-0.3, -0.25) is 4.90 Å². The SMILES string of the molecule is Cl.Cl.OC(CN1CCN(c2nsc3ccccc23)CC1)C1CCNCC1. The van der Waals surface area contributed by atoms with Crippen LogP contribution in [0, 0.1) is 5.92 Å². The Morgan fingerprint density at radius 1 is 1.12 bits per heavy atom. The molecule has 1 atom stereocenters. The molecule has 0 radical (unpaired) electrons. The van der Waals surface area contributed by atoms with Crippen LogP contribution in [0.5, 0.6) is 0 Å². The van der Waals surface area contributed by atoms with E-state index in [0.717, 1.165) is 64.5 Å². The van der Waals surface area contributed by atoms with Crippen molar-refractivity contribution in [2.24, 2.45) is 5.92 Å². The molecule has 0 saturated carbocycles. The highest BCUT2D eigenvalue weighted by atomic mass is 35.5. The summed E-state index contributed by atoms with van der Waals surface area (Å²) in [5.74, 6) is 1.60. The van der Waals surface area contributed by atoms with E-state index in [1.165, 1.54) is 10.1 Å². The maximum atomic E-state index is 10.5. The number of anilines is 1. The van der Waals surface area contributed by atoms with Gasteiger partial charge >= 0.3 is 0 Å². The summed E-state index contributed by atoms with van der Waals surface area (Å²) in [7, 11) is 0. The summed E-state index contributed by atoms with van der Waals surface area (Å²) in [6, 6.07) is 8.47. The first kappa shape index (κ1) is 21.7. The first-order chi connectivity index (χ1) is 11.8. The van der Waals surface area contributed by atoms with E-state index < -0.39 is 0 Å². The largest absolute Gasteiger partial charge is 0.392 e. The van der Waals surface area contributed by atoms with Crippen LogP contribution in [0.25, 0.3) is 10.1 Å². The highest BCUT2D eigenvalue weighted by Crippen LogP contribution is 2.30. The van der Waals surface area contributed by atoms with Gasteiger partial charge in [0.15, 0.2) is 0 Å². The highest BCUT2D eigenvalue weighted by molar-refractivity contribution is 7.13. The van der Waals surface area contributed by atoms with Gasteiger partial charge in [0.2, 0.25) is 0 Å². The number of piperidine rings is 1. The Hall–Kier alpha value is -0.630. The zero-order chi connectivity index (χ0) is 16.4. The lowest BCUT2D eigenvalue weighted by Crippen LogP contribution is -2.50. The standard InChI is InChI=1S/C18H26N4OS.2ClH/c23-16(14-5-7-19-8-6-14)13-21-9-11-22(12-10-21)18-15-3-1-2-4-17(15)24-20-18;;/h1-4,14,16,19,23H,5-13H2;2*1H. The number of aliphatic hydroxyl groups is 1. The summed E-state index contributed by atoms with van der Waals surface area (Å²) < 4.78 is 5.93. The maximum Gasteiger partial charge on any atom is 0.150 e. The highest BCUT2D eigenvalue weighted by Gasteiger charge is 2.26. The fourth-order valence-corrected chi connectivity index (χ4v) is 4.68. The summed E-state index contributed by atoms with van der Waals surface area (Å²) in [6.45, 7) is 6.91. The van der Waals surface area contributed by atoms with Crippen LogP contribution in [0.1, 0.15) is 12.8 Å². The molecule has 4 rings (SSSR count). The fourth-order valence-electron chi connectivity index (χ4n) is 3.89. The summed E-state index contributed by atoms with van der Waals surface area (Å²) in [5.41, 5.74) is 0. The number of nitrogens with one attached hydrogen (secondary N) is 1. The van der Waals surface area contributed by atoms with Crippen LogP contribution in [-0.4, -0.2) is 66.3 Å². The number of β-amino-alcohol motifs (C(OH)–C–C–N with tert-alkyl or cyclic N) is 1. The van der Waals surface area contributed by atoms with Crippen molar-refractivity contribution < 1.29 is 5.11 Å². The molecule has 2 aromatic rings. The van der Waals surface area contributed by atoms with E-state index >= 15 is 0 Å². The fraction of sp³-hybridized carbons (Fsp3) is 0.611. The van der Waals surface area contributed by atoms with Crippen molar-refractivity contribution in [3.05, 3.63) is 24.3 Å². The number of rotatable bonds is 4. The molecule has 0 aliphatic carbocycles. The predicted octanol–water partition coefficient (Wildman–Crippen LogP) is 2.62. The van der Waals surface area contributed by atoms with Crippen molar-refractivity contribution in [3.8, 4) is 0 Å². The van der Waals surface area contributed by atoms with Crippen molar-refractivity contribution in [2.45, 2.75) is 18.9 Å². The summed E-state index contributed by atoms with van der Waals surface area (Å²) in [6.07, 6.45) is 2.02. The maximum absolute atomic E-state index is 10.5. The third-order valence-corrected chi connectivity index (χ3v) is 6.22. The monoisotopic (exact) mass is 418 g/mol. The topological polar surface area (TPSA) is 51.6 Å². The van der Waals surface area contributed by atoms with Gasteiger partial charge in [0.25, 0.3) is 0 Å². The van der Waals surface area contributed by atoms with Crippen molar-refractivity contribution in [1.29, 1.82) is 0 Å². The quantitative estimate of drug-likeness (QED) is 0.798. The zero-order valence-electron chi connectivity index (χ0n) is 14.8. The second-order valence-electron chi connectivity index (χ2n) is 6.94. The van der Waals surface area contributed by atoms with Gasteiger partial charge in [0, 0.05) is 38.1 Å². The van der Waals surface area contributed by atoms with Crippen molar-refractivity contribution in [1.82, 2.24) is 14.6 Å². The molecule has 2 aliphatic rings. The molecule has 146 valence electrons. The number of aliphatic hydroxyl groups excluding tert-OH is 1. The van der Waals surface area contributed by atoms with E-state index in [9.17, 15) is 5.11 Å². The number of hydrogen-bond donors (Lipinski definition) is 2. The average Bonchev–Trinajstić information content (AvgIpc) is 3.07. The normalized spacial score (nSPS) is 20.4. The lowest BCUT2D eigenvalue weighted by Gasteiger charge is -2.37. The van der Waals surface area contributed by atoms with Gasteiger partial charge in [-0.1, -0.05) is 12.1 Å². The van der Waals surface area contributed by atoms with Crippen LogP contribution in [-0.2, 0) is 0 Å². The molecular weight excluding hydrogens is 391 g/mol. The Bertz CT molecular complexity index is 672. The molecule has 5 nitrogen and oxygen atoms in total. The van der Waals surface area contributed by atoms with Crippen molar-refractivity contribution in [3.63, 3.8) is 0 Å². The van der Waals surface area contributed by atoms with Crippen LogP contribution >= 0.6 is 36.3 Å². The summed E-state index contributed by atoms with van der Waals surface area (Å²) in [5, 5.41) is 15.2. The molecule has 1 aromatic heterocycles. The Balaban J connectivity index is 0.00000121. The van der Waals surface area contributed by atoms with Crippen LogP contribution < -0.4 is 10.2 Å².